The fraction of sp³-hybridized carbons (Fsp3) is 0.714. The van der Waals surface area contributed by atoms with Crippen LogP contribution in [0.5, 0.6) is 0 Å². The zero-order chi connectivity index (χ0) is 13.8. The third-order valence-corrected chi connectivity index (χ3v) is 4.68. The van der Waals surface area contributed by atoms with E-state index in [0.717, 1.165) is 18.5 Å². The number of aromatic nitrogens is 2. The van der Waals surface area contributed by atoms with E-state index in [1.807, 2.05) is 0 Å². The van der Waals surface area contributed by atoms with E-state index in [1.165, 1.54) is 23.9 Å². The van der Waals surface area contributed by atoms with Crippen molar-refractivity contribution in [2.75, 3.05) is 5.32 Å². The lowest BCUT2D eigenvalue weighted by atomic mass is 10.1. The van der Waals surface area contributed by atoms with E-state index >= 15 is 0 Å². The first kappa shape index (κ1) is 14.6. The summed E-state index contributed by atoms with van der Waals surface area (Å²) in [5.41, 5.74) is 0.792. The first-order chi connectivity index (χ1) is 9.13. The van der Waals surface area contributed by atoms with Crippen molar-refractivity contribution in [3.8, 4) is 0 Å². The minimum absolute atomic E-state index is 0.0379. The van der Waals surface area contributed by atoms with Gasteiger partial charge < -0.3 is 5.32 Å². The molecular weight excluding hydrogens is 306 g/mol. The largest absolute Gasteiger partial charge is 0.380 e. The molecule has 1 aromatic rings. The summed E-state index contributed by atoms with van der Waals surface area (Å²) in [7, 11) is 0. The number of hydrogen-bond donors (Lipinski definition) is 1. The fourth-order valence-electron chi connectivity index (χ4n) is 2.59. The average Bonchev–Trinajstić information content (AvgIpc) is 2.80. The molecule has 4 nitrogen and oxygen atoms in total. The number of hydrogen-bond acceptors (Lipinski definition) is 3. The van der Waals surface area contributed by atoms with Crippen molar-refractivity contribution in [2.45, 2.75) is 58.5 Å². The molecule has 0 radical (unpaired) electrons. The molecule has 0 bridgehead atoms. The second-order valence-electron chi connectivity index (χ2n) is 5.41. The lowest BCUT2D eigenvalue weighted by Crippen LogP contribution is -2.28. The van der Waals surface area contributed by atoms with Crippen LogP contribution in [0, 0.1) is 5.92 Å². The van der Waals surface area contributed by atoms with E-state index < -0.39 is 0 Å². The van der Waals surface area contributed by atoms with Crippen LogP contribution in [0.25, 0.3) is 0 Å². The van der Waals surface area contributed by atoms with Crippen LogP contribution in [0.1, 0.15) is 46.0 Å². The smallest absolute Gasteiger partial charge is 0.283 e. The molecule has 5 heteroatoms. The van der Waals surface area contributed by atoms with Crippen molar-refractivity contribution in [1.29, 1.82) is 0 Å². The lowest BCUT2D eigenvalue weighted by molar-refractivity contribution is 0.535. The van der Waals surface area contributed by atoms with E-state index in [-0.39, 0.29) is 5.56 Å². The van der Waals surface area contributed by atoms with E-state index in [4.69, 9.17) is 0 Å². The molecular formula is C14H22BrN3O. The van der Waals surface area contributed by atoms with Gasteiger partial charge in [-0.1, -0.05) is 26.7 Å². The third-order valence-electron chi connectivity index (χ3n) is 3.91. The monoisotopic (exact) mass is 327 g/mol. The summed E-state index contributed by atoms with van der Waals surface area (Å²) >= 11 is 3.41. The first-order valence-corrected chi connectivity index (χ1v) is 7.95. The van der Waals surface area contributed by atoms with Crippen LogP contribution in [0.2, 0.25) is 0 Å². The minimum Gasteiger partial charge on any atom is -0.380 e. The van der Waals surface area contributed by atoms with Crippen molar-refractivity contribution in [3.63, 3.8) is 0 Å². The van der Waals surface area contributed by atoms with Crippen LogP contribution in [0.3, 0.4) is 0 Å². The Morgan fingerprint density at radius 1 is 1.53 bits per heavy atom. The van der Waals surface area contributed by atoms with Gasteiger partial charge in [-0.15, -0.1) is 0 Å². The van der Waals surface area contributed by atoms with Gasteiger partial charge in [-0.2, -0.15) is 5.10 Å². The minimum atomic E-state index is -0.0379. The van der Waals surface area contributed by atoms with Gasteiger partial charge in [-0.05, 0) is 41.1 Å². The number of halogens is 1. The van der Waals surface area contributed by atoms with Crippen molar-refractivity contribution in [1.82, 2.24) is 9.78 Å². The standard InChI is InChI=1S/C14H22BrN3O/c1-3-4-8-18-14(19)13(15)12(9-16-18)17-11-7-5-6-10(11)2/h9-11,17H,3-8H2,1-2H3. The second kappa shape index (κ2) is 6.55. The van der Waals surface area contributed by atoms with E-state index in [0.29, 0.717) is 23.0 Å². The predicted octanol–water partition coefficient (Wildman–Crippen LogP) is 3.41. The molecule has 2 rings (SSSR count). The van der Waals surface area contributed by atoms with Crippen molar-refractivity contribution in [3.05, 3.63) is 21.0 Å². The Bertz CT molecular complexity index is 486. The summed E-state index contributed by atoms with van der Waals surface area (Å²) in [5.74, 6) is 0.662. The lowest BCUT2D eigenvalue weighted by Gasteiger charge is -2.19. The Labute approximate surface area is 122 Å². The Morgan fingerprint density at radius 3 is 2.95 bits per heavy atom. The van der Waals surface area contributed by atoms with Crippen LogP contribution >= 0.6 is 15.9 Å². The molecule has 0 saturated heterocycles. The highest BCUT2D eigenvalue weighted by atomic mass is 79.9. The molecule has 2 unspecified atom stereocenters. The highest BCUT2D eigenvalue weighted by molar-refractivity contribution is 9.10. The summed E-state index contributed by atoms with van der Waals surface area (Å²) in [6.07, 6.45) is 7.50. The summed E-state index contributed by atoms with van der Waals surface area (Å²) < 4.78 is 2.15. The van der Waals surface area contributed by atoms with Gasteiger partial charge in [0.1, 0.15) is 4.47 Å². The zero-order valence-electron chi connectivity index (χ0n) is 11.7. The van der Waals surface area contributed by atoms with E-state index in [9.17, 15) is 4.79 Å². The molecule has 1 aliphatic rings. The number of unbranched alkanes of at least 4 members (excludes halogenated alkanes) is 1. The summed E-state index contributed by atoms with van der Waals surface area (Å²) in [5, 5.41) is 7.72. The Morgan fingerprint density at radius 2 is 2.32 bits per heavy atom. The maximum atomic E-state index is 12.2. The van der Waals surface area contributed by atoms with Gasteiger partial charge in [0, 0.05) is 12.6 Å². The van der Waals surface area contributed by atoms with E-state index in [1.54, 1.807) is 6.20 Å². The molecule has 0 amide bonds. The molecule has 19 heavy (non-hydrogen) atoms. The van der Waals surface area contributed by atoms with Gasteiger partial charge in [-0.3, -0.25) is 4.79 Å². The van der Waals surface area contributed by atoms with Gasteiger partial charge in [-0.25, -0.2) is 4.68 Å². The highest BCUT2D eigenvalue weighted by Gasteiger charge is 2.24. The molecule has 1 aliphatic carbocycles. The third kappa shape index (κ3) is 3.38. The second-order valence-corrected chi connectivity index (χ2v) is 6.21. The van der Waals surface area contributed by atoms with Crippen LogP contribution < -0.4 is 10.9 Å². The Kier molecular flexibility index (Phi) is 5.02. The molecule has 2 atom stereocenters. The van der Waals surface area contributed by atoms with Gasteiger partial charge in [0.25, 0.3) is 5.56 Å². The number of rotatable bonds is 5. The molecule has 1 heterocycles. The fourth-order valence-corrected chi connectivity index (χ4v) is 3.01. The molecule has 1 saturated carbocycles. The van der Waals surface area contributed by atoms with Gasteiger partial charge in [0.05, 0.1) is 11.9 Å². The Balaban J connectivity index is 2.14. The SMILES string of the molecule is CCCCn1ncc(NC2CCCC2C)c(Br)c1=O. The normalized spacial score (nSPS) is 22.7. The number of anilines is 1. The molecule has 106 valence electrons. The van der Waals surface area contributed by atoms with Gasteiger partial charge >= 0.3 is 0 Å². The van der Waals surface area contributed by atoms with Gasteiger partial charge in [0.2, 0.25) is 0 Å². The van der Waals surface area contributed by atoms with E-state index in [2.05, 4.69) is 40.2 Å². The van der Waals surface area contributed by atoms with Crippen molar-refractivity contribution in [2.24, 2.45) is 5.92 Å². The van der Waals surface area contributed by atoms with Gasteiger partial charge in [0.15, 0.2) is 0 Å². The zero-order valence-corrected chi connectivity index (χ0v) is 13.2. The molecule has 0 spiro atoms. The molecule has 1 fully saturated rings. The topological polar surface area (TPSA) is 46.9 Å². The maximum absolute atomic E-state index is 12.2. The molecule has 0 aromatic carbocycles. The summed E-state index contributed by atoms with van der Waals surface area (Å²) in [6, 6.07) is 0.462. The molecule has 0 aliphatic heterocycles. The van der Waals surface area contributed by atoms with Crippen molar-refractivity contribution >= 4 is 21.6 Å². The van der Waals surface area contributed by atoms with Crippen molar-refractivity contribution < 1.29 is 0 Å². The first-order valence-electron chi connectivity index (χ1n) is 7.15. The molecule has 1 N–H and O–H groups in total. The molecule has 1 aromatic heterocycles. The van der Waals surface area contributed by atoms with Crippen LogP contribution in [-0.2, 0) is 6.54 Å². The average molecular weight is 328 g/mol. The summed E-state index contributed by atoms with van der Waals surface area (Å²) in [4.78, 5) is 12.2. The van der Waals surface area contributed by atoms with Crippen LogP contribution in [0.4, 0.5) is 5.69 Å². The number of aryl methyl sites for hydroxylation is 1. The Hall–Kier alpha value is -0.840. The van der Waals surface area contributed by atoms with Crippen LogP contribution in [-0.4, -0.2) is 15.8 Å². The quantitative estimate of drug-likeness (QED) is 0.901. The van der Waals surface area contributed by atoms with Crippen LogP contribution in [0.15, 0.2) is 15.5 Å². The number of nitrogens with zero attached hydrogens (tertiary/aromatic N) is 2. The number of nitrogens with one attached hydrogen (secondary N) is 1. The highest BCUT2D eigenvalue weighted by Crippen LogP contribution is 2.29. The maximum Gasteiger partial charge on any atom is 0.283 e. The predicted molar refractivity (Wildman–Crippen MR) is 81.5 cm³/mol. The summed E-state index contributed by atoms with van der Waals surface area (Å²) in [6.45, 7) is 5.06.